The topological polar surface area (TPSA) is 27.7 Å². The molecule has 19 heavy (non-hydrogen) atoms. The van der Waals surface area contributed by atoms with E-state index in [9.17, 15) is 0 Å². The maximum absolute atomic E-state index is 5.45. The third-order valence-electron chi connectivity index (χ3n) is 2.87. The highest BCUT2D eigenvalue weighted by molar-refractivity contribution is 14.1. The van der Waals surface area contributed by atoms with Crippen LogP contribution in [-0.4, -0.2) is 21.3 Å². The van der Waals surface area contributed by atoms with Crippen LogP contribution in [0.15, 0.2) is 36.4 Å². The fourth-order valence-electron chi connectivity index (χ4n) is 1.86. The van der Waals surface area contributed by atoms with Crippen molar-refractivity contribution in [2.75, 3.05) is 21.3 Å². The highest BCUT2D eigenvalue weighted by atomic mass is 127. The molecule has 0 aliphatic carbocycles. The molecule has 2 aromatic rings. The highest BCUT2D eigenvalue weighted by Crippen LogP contribution is 2.37. The van der Waals surface area contributed by atoms with Crippen LogP contribution in [0.25, 0.3) is 11.1 Å². The second-order valence-electron chi connectivity index (χ2n) is 3.92. The molecule has 0 amide bonds. The summed E-state index contributed by atoms with van der Waals surface area (Å²) in [6, 6.07) is 11.8. The molecule has 0 aliphatic heterocycles. The van der Waals surface area contributed by atoms with E-state index in [-0.39, 0.29) is 0 Å². The van der Waals surface area contributed by atoms with Crippen LogP contribution >= 0.6 is 22.6 Å². The van der Waals surface area contributed by atoms with Gasteiger partial charge in [-0.25, -0.2) is 0 Å². The monoisotopic (exact) mass is 370 g/mol. The lowest BCUT2D eigenvalue weighted by atomic mass is 10.0. The fourth-order valence-corrected chi connectivity index (χ4v) is 2.52. The molecule has 0 saturated heterocycles. The van der Waals surface area contributed by atoms with Crippen LogP contribution in [0.1, 0.15) is 0 Å². The van der Waals surface area contributed by atoms with E-state index in [1.807, 2.05) is 36.4 Å². The smallest absolute Gasteiger partial charge is 0.133 e. The van der Waals surface area contributed by atoms with E-state index >= 15 is 0 Å². The Hall–Kier alpha value is -1.43. The number of methoxy groups -OCH3 is 3. The van der Waals surface area contributed by atoms with Crippen molar-refractivity contribution in [3.05, 3.63) is 40.0 Å². The molecular weight excluding hydrogens is 355 g/mol. The van der Waals surface area contributed by atoms with Gasteiger partial charge in [0, 0.05) is 5.56 Å². The van der Waals surface area contributed by atoms with Crippen LogP contribution in [0.2, 0.25) is 0 Å². The molecule has 3 nitrogen and oxygen atoms in total. The summed E-state index contributed by atoms with van der Waals surface area (Å²) < 4.78 is 17.0. The molecule has 0 N–H and O–H groups in total. The van der Waals surface area contributed by atoms with Crippen LogP contribution in [0, 0.1) is 3.57 Å². The summed E-state index contributed by atoms with van der Waals surface area (Å²) in [6.45, 7) is 0. The first kappa shape index (κ1) is 14.0. The zero-order valence-corrected chi connectivity index (χ0v) is 13.2. The molecule has 0 bridgehead atoms. The van der Waals surface area contributed by atoms with Crippen molar-refractivity contribution in [2.45, 2.75) is 0 Å². The second-order valence-corrected chi connectivity index (χ2v) is 5.08. The molecule has 0 saturated carbocycles. The third kappa shape index (κ3) is 2.94. The van der Waals surface area contributed by atoms with Gasteiger partial charge >= 0.3 is 0 Å². The number of benzene rings is 2. The second kappa shape index (κ2) is 6.14. The van der Waals surface area contributed by atoms with Gasteiger partial charge in [-0.2, -0.15) is 0 Å². The lowest BCUT2D eigenvalue weighted by Gasteiger charge is -2.13. The maximum Gasteiger partial charge on any atom is 0.133 e. The molecule has 0 atom stereocenters. The van der Waals surface area contributed by atoms with Crippen molar-refractivity contribution in [1.82, 2.24) is 0 Å². The third-order valence-corrected chi connectivity index (χ3v) is 3.72. The predicted molar refractivity (Wildman–Crippen MR) is 84.3 cm³/mol. The van der Waals surface area contributed by atoms with Crippen molar-refractivity contribution in [3.8, 4) is 28.4 Å². The van der Waals surface area contributed by atoms with Gasteiger partial charge in [0.15, 0.2) is 0 Å². The minimum Gasteiger partial charge on any atom is -0.497 e. The van der Waals surface area contributed by atoms with Gasteiger partial charge in [-0.15, -0.1) is 0 Å². The van der Waals surface area contributed by atoms with Gasteiger partial charge < -0.3 is 14.2 Å². The summed E-state index contributed by atoms with van der Waals surface area (Å²) in [5.41, 5.74) is 2.06. The van der Waals surface area contributed by atoms with Crippen LogP contribution in [-0.2, 0) is 0 Å². The molecule has 0 aliphatic rings. The van der Waals surface area contributed by atoms with Crippen molar-refractivity contribution in [3.63, 3.8) is 0 Å². The Labute approximate surface area is 126 Å². The minimum atomic E-state index is 0.829. The summed E-state index contributed by atoms with van der Waals surface area (Å²) in [7, 11) is 5.00. The largest absolute Gasteiger partial charge is 0.497 e. The summed E-state index contributed by atoms with van der Waals surface area (Å²) in [5, 5.41) is 0. The first-order chi connectivity index (χ1) is 9.19. The Morgan fingerprint density at radius 2 is 1.42 bits per heavy atom. The van der Waals surface area contributed by atoms with Crippen molar-refractivity contribution in [2.24, 2.45) is 0 Å². The molecule has 0 spiro atoms. The molecule has 2 rings (SSSR count). The Kier molecular flexibility index (Phi) is 4.52. The maximum atomic E-state index is 5.45. The van der Waals surface area contributed by atoms with Crippen LogP contribution in [0.3, 0.4) is 0 Å². The van der Waals surface area contributed by atoms with E-state index < -0.39 is 0 Å². The first-order valence-corrected chi connectivity index (χ1v) is 6.83. The summed E-state index contributed by atoms with van der Waals surface area (Å²) in [5.74, 6) is 2.50. The van der Waals surface area contributed by atoms with E-state index in [4.69, 9.17) is 14.2 Å². The zero-order valence-electron chi connectivity index (χ0n) is 11.1. The Bertz CT molecular complexity index is 564. The van der Waals surface area contributed by atoms with Crippen molar-refractivity contribution >= 4 is 22.6 Å². The zero-order chi connectivity index (χ0) is 13.8. The lowest BCUT2D eigenvalue weighted by Crippen LogP contribution is -1.93. The van der Waals surface area contributed by atoms with Gasteiger partial charge in [0.25, 0.3) is 0 Å². The molecule has 100 valence electrons. The number of ether oxygens (including phenoxy) is 3. The van der Waals surface area contributed by atoms with Crippen molar-refractivity contribution in [1.29, 1.82) is 0 Å². The Morgan fingerprint density at radius 3 is 1.95 bits per heavy atom. The quantitative estimate of drug-likeness (QED) is 0.762. The SMILES string of the molecule is COc1ccc(-c2cc(OC)c(I)cc2OC)cc1. The molecular formula is C15H15IO3. The summed E-state index contributed by atoms with van der Waals surface area (Å²) in [4.78, 5) is 0. The molecule has 0 heterocycles. The number of hydrogen-bond donors (Lipinski definition) is 0. The Morgan fingerprint density at radius 1 is 0.789 bits per heavy atom. The first-order valence-electron chi connectivity index (χ1n) is 5.75. The molecule has 0 unspecified atom stereocenters. The van der Waals surface area contributed by atoms with E-state index in [1.54, 1.807) is 21.3 Å². The number of rotatable bonds is 4. The van der Waals surface area contributed by atoms with Crippen LogP contribution < -0.4 is 14.2 Å². The highest BCUT2D eigenvalue weighted by Gasteiger charge is 2.11. The number of hydrogen-bond acceptors (Lipinski definition) is 3. The van der Waals surface area contributed by atoms with Crippen LogP contribution in [0.5, 0.6) is 17.2 Å². The molecule has 4 heteroatoms. The van der Waals surface area contributed by atoms with Crippen LogP contribution in [0.4, 0.5) is 0 Å². The average molecular weight is 370 g/mol. The van der Waals surface area contributed by atoms with Gasteiger partial charge in [0.05, 0.1) is 24.9 Å². The van der Waals surface area contributed by atoms with Gasteiger partial charge in [0.2, 0.25) is 0 Å². The van der Waals surface area contributed by atoms with E-state index in [0.29, 0.717) is 0 Å². The molecule has 2 aromatic carbocycles. The average Bonchev–Trinajstić information content (AvgIpc) is 2.47. The van der Waals surface area contributed by atoms with E-state index in [2.05, 4.69) is 22.6 Å². The van der Waals surface area contributed by atoms with E-state index in [0.717, 1.165) is 31.9 Å². The van der Waals surface area contributed by atoms with E-state index in [1.165, 1.54) is 0 Å². The van der Waals surface area contributed by atoms with Gasteiger partial charge in [-0.05, 0) is 52.4 Å². The lowest BCUT2D eigenvalue weighted by molar-refractivity contribution is 0.402. The molecule has 0 aromatic heterocycles. The predicted octanol–water partition coefficient (Wildman–Crippen LogP) is 3.98. The van der Waals surface area contributed by atoms with Gasteiger partial charge in [-0.1, -0.05) is 12.1 Å². The fraction of sp³-hybridized carbons (Fsp3) is 0.200. The molecule has 0 radical (unpaired) electrons. The summed E-state index contributed by atoms with van der Waals surface area (Å²) in [6.07, 6.45) is 0. The molecule has 0 fully saturated rings. The van der Waals surface area contributed by atoms with Gasteiger partial charge in [0.1, 0.15) is 17.2 Å². The summed E-state index contributed by atoms with van der Waals surface area (Å²) >= 11 is 2.23. The van der Waals surface area contributed by atoms with Crippen molar-refractivity contribution < 1.29 is 14.2 Å². The minimum absolute atomic E-state index is 0.829. The normalized spacial score (nSPS) is 10.1. The van der Waals surface area contributed by atoms with Gasteiger partial charge in [-0.3, -0.25) is 0 Å². The Balaban J connectivity index is 2.52. The number of halogens is 1. The standard InChI is InChI=1S/C15H15IO3/c1-17-11-6-4-10(5-7-11)12-8-15(19-3)13(16)9-14(12)18-2/h4-9H,1-3H3.